The molecule has 0 amide bonds. The van der Waals surface area contributed by atoms with E-state index in [1.165, 1.54) is 22.1 Å². The predicted octanol–water partition coefficient (Wildman–Crippen LogP) is 3.44. The molecule has 1 nitrogen and oxygen atoms in total. The van der Waals surface area contributed by atoms with Crippen LogP contribution in [0.25, 0.3) is 0 Å². The maximum atomic E-state index is 7.69. The van der Waals surface area contributed by atoms with Crippen molar-refractivity contribution >= 4 is 30.0 Å². The highest BCUT2D eigenvalue weighted by atomic mass is 31.1. The van der Waals surface area contributed by atoms with Gasteiger partial charge in [-0.2, -0.15) is 0 Å². The lowest BCUT2D eigenvalue weighted by molar-refractivity contribution is 1.55. The van der Waals surface area contributed by atoms with Gasteiger partial charge in [0.15, 0.2) is 0 Å². The fraction of sp³-hybridized carbons (Fsp3) is 0. The third kappa shape index (κ3) is 2.94. The van der Waals surface area contributed by atoms with Gasteiger partial charge < -0.3 is 5.41 Å². The van der Waals surface area contributed by atoms with E-state index < -0.39 is 7.92 Å². The molecule has 2 heteroatoms. The number of hydrogen-bond donors (Lipinski definition) is 1. The molecule has 0 unspecified atom stereocenters. The van der Waals surface area contributed by atoms with Crippen molar-refractivity contribution in [3.8, 4) is 0 Å². The molecule has 0 atom stereocenters. The monoisotopic (exact) mass is 289 g/mol. The molecule has 0 aliphatic rings. The molecular formula is C19H16NP. The first kappa shape index (κ1) is 13.7. The van der Waals surface area contributed by atoms with Crippen molar-refractivity contribution in [2.45, 2.75) is 0 Å². The summed E-state index contributed by atoms with van der Waals surface area (Å²) in [5.74, 6) is 0. The molecule has 0 saturated heterocycles. The van der Waals surface area contributed by atoms with Gasteiger partial charge >= 0.3 is 0 Å². The molecule has 0 aliphatic heterocycles. The van der Waals surface area contributed by atoms with Crippen molar-refractivity contribution in [2.75, 3.05) is 0 Å². The van der Waals surface area contributed by atoms with Gasteiger partial charge in [0.1, 0.15) is 0 Å². The molecule has 0 bridgehead atoms. The summed E-state index contributed by atoms with van der Waals surface area (Å²) in [7, 11) is -0.624. The number of nitrogens with one attached hydrogen (secondary N) is 1. The van der Waals surface area contributed by atoms with Crippen molar-refractivity contribution in [3.63, 3.8) is 0 Å². The zero-order valence-corrected chi connectivity index (χ0v) is 12.5. The van der Waals surface area contributed by atoms with E-state index in [2.05, 4.69) is 60.7 Å². The van der Waals surface area contributed by atoms with Crippen LogP contribution in [-0.4, -0.2) is 6.21 Å². The van der Waals surface area contributed by atoms with E-state index in [0.29, 0.717) is 0 Å². The van der Waals surface area contributed by atoms with Crippen LogP contribution >= 0.6 is 7.92 Å². The molecule has 21 heavy (non-hydrogen) atoms. The molecular weight excluding hydrogens is 273 g/mol. The van der Waals surface area contributed by atoms with Crippen LogP contribution in [0.5, 0.6) is 0 Å². The Labute approximate surface area is 126 Å². The van der Waals surface area contributed by atoms with E-state index in [-0.39, 0.29) is 0 Å². The third-order valence-electron chi connectivity index (χ3n) is 3.36. The summed E-state index contributed by atoms with van der Waals surface area (Å²) in [4.78, 5) is 0. The SMILES string of the molecule is N=Cc1ccccc1P(c1ccccc1)c1ccccc1. The fourth-order valence-corrected chi connectivity index (χ4v) is 4.82. The fourth-order valence-electron chi connectivity index (χ4n) is 2.39. The number of hydrogen-bond acceptors (Lipinski definition) is 1. The summed E-state index contributed by atoms with van der Waals surface area (Å²) in [6, 6.07) is 29.4. The lowest BCUT2D eigenvalue weighted by Gasteiger charge is -2.20. The van der Waals surface area contributed by atoms with E-state index >= 15 is 0 Å². The summed E-state index contributed by atoms with van der Waals surface area (Å²) in [6.45, 7) is 0. The first-order valence-electron chi connectivity index (χ1n) is 6.90. The molecule has 3 aromatic carbocycles. The van der Waals surface area contributed by atoms with Crippen LogP contribution in [0.1, 0.15) is 5.56 Å². The van der Waals surface area contributed by atoms with E-state index in [0.717, 1.165) is 5.56 Å². The predicted molar refractivity (Wildman–Crippen MR) is 93.0 cm³/mol. The molecule has 3 rings (SSSR count). The Morgan fingerprint density at radius 2 is 1.10 bits per heavy atom. The molecule has 0 heterocycles. The second-order valence-electron chi connectivity index (χ2n) is 4.71. The number of benzene rings is 3. The van der Waals surface area contributed by atoms with Crippen LogP contribution in [0.3, 0.4) is 0 Å². The van der Waals surface area contributed by atoms with Gasteiger partial charge in [0.2, 0.25) is 0 Å². The van der Waals surface area contributed by atoms with Gasteiger partial charge in [0.05, 0.1) is 0 Å². The highest BCUT2D eigenvalue weighted by molar-refractivity contribution is 7.80. The molecule has 0 radical (unpaired) electrons. The summed E-state index contributed by atoms with van der Waals surface area (Å²) in [6.07, 6.45) is 1.45. The van der Waals surface area contributed by atoms with E-state index in [9.17, 15) is 0 Å². The molecule has 1 N–H and O–H groups in total. The minimum Gasteiger partial charge on any atom is -0.308 e. The normalized spacial score (nSPS) is 10.5. The van der Waals surface area contributed by atoms with Gasteiger partial charge in [-0.05, 0) is 23.8 Å². The minimum absolute atomic E-state index is 0.624. The van der Waals surface area contributed by atoms with Crippen LogP contribution in [0, 0.1) is 5.41 Å². The summed E-state index contributed by atoms with van der Waals surface area (Å²) in [5, 5.41) is 11.6. The van der Waals surface area contributed by atoms with Crippen LogP contribution in [0.4, 0.5) is 0 Å². The van der Waals surface area contributed by atoms with Crippen LogP contribution in [0.2, 0.25) is 0 Å². The van der Waals surface area contributed by atoms with Crippen molar-refractivity contribution in [1.29, 1.82) is 5.41 Å². The topological polar surface area (TPSA) is 23.9 Å². The zero-order valence-electron chi connectivity index (χ0n) is 11.6. The molecule has 3 aromatic rings. The van der Waals surface area contributed by atoms with Gasteiger partial charge in [-0.1, -0.05) is 84.9 Å². The number of rotatable bonds is 4. The minimum atomic E-state index is -0.624. The van der Waals surface area contributed by atoms with Crippen LogP contribution in [0.15, 0.2) is 84.9 Å². The van der Waals surface area contributed by atoms with Gasteiger partial charge in [-0.25, -0.2) is 0 Å². The lowest BCUT2D eigenvalue weighted by Crippen LogP contribution is -2.23. The summed E-state index contributed by atoms with van der Waals surface area (Å²) in [5.41, 5.74) is 0.997. The lowest BCUT2D eigenvalue weighted by atomic mass is 10.2. The largest absolute Gasteiger partial charge is 0.308 e. The van der Waals surface area contributed by atoms with E-state index in [4.69, 9.17) is 5.41 Å². The highest BCUT2D eigenvalue weighted by Gasteiger charge is 2.17. The smallest absolute Gasteiger partial charge is 0.0256 e. The standard InChI is InChI=1S/C19H16NP/c20-15-16-9-7-8-14-19(16)21(17-10-3-1-4-11-17)18-12-5-2-6-13-18/h1-15,20H. The van der Waals surface area contributed by atoms with Crippen molar-refractivity contribution < 1.29 is 0 Å². The maximum Gasteiger partial charge on any atom is 0.0256 e. The quantitative estimate of drug-likeness (QED) is 0.562. The van der Waals surface area contributed by atoms with E-state index in [1.807, 2.05) is 24.3 Å². The Morgan fingerprint density at radius 3 is 1.62 bits per heavy atom. The molecule has 0 aliphatic carbocycles. The Kier molecular flexibility index (Phi) is 4.23. The second kappa shape index (κ2) is 6.47. The average molecular weight is 289 g/mol. The Bertz CT molecular complexity index is 683. The molecule has 0 aromatic heterocycles. The molecule has 0 spiro atoms. The maximum absolute atomic E-state index is 7.69. The summed E-state index contributed by atoms with van der Waals surface area (Å²) >= 11 is 0. The van der Waals surface area contributed by atoms with E-state index in [1.54, 1.807) is 0 Å². The van der Waals surface area contributed by atoms with Crippen molar-refractivity contribution in [1.82, 2.24) is 0 Å². The first-order chi connectivity index (χ1) is 10.4. The third-order valence-corrected chi connectivity index (χ3v) is 5.88. The van der Waals surface area contributed by atoms with Gasteiger partial charge in [-0.3, -0.25) is 0 Å². The Hall–Kier alpha value is -2.24. The highest BCUT2D eigenvalue weighted by Crippen LogP contribution is 2.33. The van der Waals surface area contributed by atoms with Crippen molar-refractivity contribution in [3.05, 3.63) is 90.5 Å². The van der Waals surface area contributed by atoms with Gasteiger partial charge in [0.25, 0.3) is 0 Å². The van der Waals surface area contributed by atoms with Crippen LogP contribution < -0.4 is 15.9 Å². The Balaban J connectivity index is 2.20. The Morgan fingerprint density at radius 1 is 0.619 bits per heavy atom. The summed E-state index contributed by atoms with van der Waals surface area (Å²) < 4.78 is 0. The molecule has 0 saturated carbocycles. The molecule has 0 fully saturated rings. The average Bonchev–Trinajstić information content (AvgIpc) is 2.58. The van der Waals surface area contributed by atoms with Crippen LogP contribution in [-0.2, 0) is 0 Å². The zero-order chi connectivity index (χ0) is 14.5. The first-order valence-corrected chi connectivity index (χ1v) is 8.24. The van der Waals surface area contributed by atoms with Gasteiger partial charge in [0, 0.05) is 11.8 Å². The van der Waals surface area contributed by atoms with Crippen molar-refractivity contribution in [2.24, 2.45) is 0 Å². The second-order valence-corrected chi connectivity index (χ2v) is 6.90. The van der Waals surface area contributed by atoms with Gasteiger partial charge in [-0.15, -0.1) is 0 Å². The molecule has 102 valence electrons.